The van der Waals surface area contributed by atoms with Gasteiger partial charge in [0.05, 0.1) is 39.1 Å². The van der Waals surface area contributed by atoms with Crippen LogP contribution in [-0.4, -0.2) is 11.8 Å². The molecule has 174 valence electrons. The van der Waals surface area contributed by atoms with Gasteiger partial charge in [-0.3, -0.25) is 9.59 Å². The number of halogens is 3. The van der Waals surface area contributed by atoms with Crippen LogP contribution in [0.2, 0.25) is 15.1 Å². The predicted molar refractivity (Wildman–Crippen MR) is 143 cm³/mol. The lowest BCUT2D eigenvalue weighted by atomic mass is 10.1. The largest absolute Gasteiger partial charge is 0.354 e. The number of para-hydroxylation sites is 3. The first-order chi connectivity index (χ1) is 16.9. The van der Waals surface area contributed by atoms with Crippen molar-refractivity contribution in [2.24, 2.45) is 0 Å². The molecule has 2 amide bonds. The van der Waals surface area contributed by atoms with Gasteiger partial charge in [-0.1, -0.05) is 65.1 Å². The number of amides is 2. The number of fused-ring (bicyclic) bond motifs is 2. The first-order valence-corrected chi connectivity index (χ1v) is 11.9. The zero-order valence-electron chi connectivity index (χ0n) is 18.2. The van der Waals surface area contributed by atoms with Gasteiger partial charge in [-0.15, -0.1) is 0 Å². The summed E-state index contributed by atoms with van der Waals surface area (Å²) < 4.78 is 0. The molecule has 0 saturated heterocycles. The Hall–Kier alpha value is -3.51. The van der Waals surface area contributed by atoms with E-state index < -0.39 is 5.91 Å². The van der Waals surface area contributed by atoms with Crippen LogP contribution in [0.3, 0.4) is 0 Å². The Balaban J connectivity index is 1.43. The fourth-order valence-corrected chi connectivity index (χ4v) is 4.72. The number of nitrogens with zero attached hydrogens (tertiary/aromatic N) is 1. The smallest absolute Gasteiger partial charge is 0.260 e. The number of anilines is 4. The van der Waals surface area contributed by atoms with Gasteiger partial charge in [0.2, 0.25) is 0 Å². The van der Waals surface area contributed by atoms with Crippen molar-refractivity contribution < 1.29 is 9.59 Å². The molecule has 0 unspecified atom stereocenters. The molecule has 8 heteroatoms. The van der Waals surface area contributed by atoms with Gasteiger partial charge in [0.15, 0.2) is 0 Å². The number of benzene rings is 4. The molecule has 35 heavy (non-hydrogen) atoms. The van der Waals surface area contributed by atoms with Crippen molar-refractivity contribution in [3.8, 4) is 0 Å². The van der Waals surface area contributed by atoms with E-state index in [1.165, 1.54) is 6.07 Å². The van der Waals surface area contributed by atoms with Gasteiger partial charge in [-0.25, -0.2) is 0 Å². The van der Waals surface area contributed by atoms with Gasteiger partial charge < -0.3 is 15.5 Å². The van der Waals surface area contributed by atoms with Crippen LogP contribution in [0.15, 0.2) is 84.9 Å². The van der Waals surface area contributed by atoms with Crippen LogP contribution in [0.5, 0.6) is 0 Å². The summed E-state index contributed by atoms with van der Waals surface area (Å²) >= 11 is 18.6. The van der Waals surface area contributed by atoms with Crippen molar-refractivity contribution in [2.45, 2.75) is 6.54 Å². The quantitative estimate of drug-likeness (QED) is 0.288. The maximum Gasteiger partial charge on any atom is 0.260 e. The molecule has 0 bridgehead atoms. The molecule has 5 rings (SSSR count). The van der Waals surface area contributed by atoms with E-state index in [0.29, 0.717) is 22.8 Å². The minimum atomic E-state index is -0.411. The molecule has 0 atom stereocenters. The highest BCUT2D eigenvalue weighted by Gasteiger charge is 2.26. The summed E-state index contributed by atoms with van der Waals surface area (Å²) in [6.07, 6.45) is 0. The van der Waals surface area contributed by atoms with Gasteiger partial charge in [-0.2, -0.15) is 0 Å². The Labute approximate surface area is 217 Å². The fourth-order valence-electron chi connectivity index (χ4n) is 3.96. The second-order valence-corrected chi connectivity index (χ2v) is 9.21. The van der Waals surface area contributed by atoms with Gasteiger partial charge in [0.1, 0.15) is 0 Å². The molecule has 4 aromatic carbocycles. The minimum absolute atomic E-state index is 0.220. The molecule has 0 aliphatic carbocycles. The van der Waals surface area contributed by atoms with Crippen molar-refractivity contribution in [2.75, 3.05) is 15.5 Å². The van der Waals surface area contributed by atoms with Crippen LogP contribution in [0.1, 0.15) is 26.3 Å². The molecule has 1 aliphatic rings. The van der Waals surface area contributed by atoms with E-state index in [-0.39, 0.29) is 21.5 Å². The second kappa shape index (κ2) is 9.62. The van der Waals surface area contributed by atoms with E-state index in [1.54, 1.807) is 35.2 Å². The SMILES string of the molecule is O=C(Nc1ccc(C(=O)N2Cc3ccccc3Nc3ccccc32)c(Cl)c1)c1ccc(Cl)cc1Cl. The molecule has 4 aromatic rings. The highest BCUT2D eigenvalue weighted by Crippen LogP contribution is 2.37. The topological polar surface area (TPSA) is 61.4 Å². The number of nitrogens with one attached hydrogen (secondary N) is 2. The summed E-state index contributed by atoms with van der Waals surface area (Å²) in [6, 6.07) is 24.9. The molecular formula is C27H18Cl3N3O2. The summed E-state index contributed by atoms with van der Waals surface area (Å²) in [5.41, 5.74) is 4.54. The normalized spacial score (nSPS) is 12.1. The molecule has 1 aliphatic heterocycles. The third-order valence-electron chi connectivity index (χ3n) is 5.69. The highest BCUT2D eigenvalue weighted by atomic mass is 35.5. The lowest BCUT2D eigenvalue weighted by Crippen LogP contribution is -2.30. The summed E-state index contributed by atoms with van der Waals surface area (Å²) in [6.45, 7) is 0.378. The van der Waals surface area contributed by atoms with Gasteiger partial charge in [0, 0.05) is 16.4 Å². The third kappa shape index (κ3) is 4.71. The summed E-state index contributed by atoms with van der Waals surface area (Å²) in [7, 11) is 0. The number of hydrogen-bond acceptors (Lipinski definition) is 3. The molecule has 0 aromatic heterocycles. The molecule has 0 spiro atoms. The first-order valence-electron chi connectivity index (χ1n) is 10.7. The second-order valence-electron chi connectivity index (χ2n) is 7.96. The Morgan fingerprint density at radius 3 is 2.23 bits per heavy atom. The van der Waals surface area contributed by atoms with Gasteiger partial charge >= 0.3 is 0 Å². The Bertz CT molecular complexity index is 1470. The van der Waals surface area contributed by atoms with Crippen molar-refractivity contribution in [1.29, 1.82) is 0 Å². The van der Waals surface area contributed by atoms with Crippen molar-refractivity contribution in [1.82, 2.24) is 0 Å². The van der Waals surface area contributed by atoms with Crippen LogP contribution in [0.4, 0.5) is 22.7 Å². The van der Waals surface area contributed by atoms with E-state index in [2.05, 4.69) is 10.6 Å². The van der Waals surface area contributed by atoms with E-state index >= 15 is 0 Å². The van der Waals surface area contributed by atoms with Crippen LogP contribution < -0.4 is 15.5 Å². The standard InChI is InChI=1S/C27H18Cl3N3O2/c28-17-9-11-19(21(29)13-17)26(34)31-18-10-12-20(22(30)14-18)27(35)33-15-16-5-1-2-6-23(16)32-24-7-3-4-8-25(24)33/h1-14,32H,15H2,(H,31,34). The molecule has 0 saturated carbocycles. The lowest BCUT2D eigenvalue weighted by Gasteiger charge is -2.23. The summed E-state index contributed by atoms with van der Waals surface area (Å²) in [4.78, 5) is 28.0. The van der Waals surface area contributed by atoms with Crippen molar-refractivity contribution in [3.05, 3.63) is 117 Å². The molecule has 0 radical (unpaired) electrons. The van der Waals surface area contributed by atoms with Crippen LogP contribution >= 0.6 is 34.8 Å². The Morgan fingerprint density at radius 1 is 0.771 bits per heavy atom. The summed E-state index contributed by atoms with van der Waals surface area (Å²) in [5, 5.41) is 7.07. The molecule has 2 N–H and O–H groups in total. The fraction of sp³-hybridized carbons (Fsp3) is 0.0370. The Kier molecular flexibility index (Phi) is 6.39. The van der Waals surface area contributed by atoms with Crippen LogP contribution in [0.25, 0.3) is 0 Å². The molecule has 5 nitrogen and oxygen atoms in total. The van der Waals surface area contributed by atoms with Crippen LogP contribution in [-0.2, 0) is 6.54 Å². The van der Waals surface area contributed by atoms with Crippen molar-refractivity contribution in [3.63, 3.8) is 0 Å². The van der Waals surface area contributed by atoms with E-state index in [0.717, 1.165) is 22.6 Å². The summed E-state index contributed by atoms with van der Waals surface area (Å²) in [5.74, 6) is -0.662. The average Bonchev–Trinajstić information content (AvgIpc) is 3.00. The predicted octanol–water partition coefficient (Wildman–Crippen LogP) is 7.80. The van der Waals surface area contributed by atoms with E-state index in [4.69, 9.17) is 34.8 Å². The zero-order chi connectivity index (χ0) is 24.5. The lowest BCUT2D eigenvalue weighted by molar-refractivity contribution is 0.0984. The molecule has 0 fully saturated rings. The van der Waals surface area contributed by atoms with E-state index in [1.807, 2.05) is 48.5 Å². The third-order valence-corrected chi connectivity index (χ3v) is 6.55. The number of rotatable bonds is 3. The first kappa shape index (κ1) is 23.2. The average molecular weight is 523 g/mol. The molecular weight excluding hydrogens is 505 g/mol. The minimum Gasteiger partial charge on any atom is -0.354 e. The zero-order valence-corrected chi connectivity index (χ0v) is 20.5. The van der Waals surface area contributed by atoms with Gasteiger partial charge in [-0.05, 0) is 60.2 Å². The highest BCUT2D eigenvalue weighted by molar-refractivity contribution is 6.37. The van der Waals surface area contributed by atoms with E-state index in [9.17, 15) is 9.59 Å². The van der Waals surface area contributed by atoms with Gasteiger partial charge in [0.25, 0.3) is 11.8 Å². The number of hydrogen-bond donors (Lipinski definition) is 2. The molecule has 1 heterocycles. The maximum absolute atomic E-state index is 13.7. The number of carbonyl (C=O) groups is 2. The van der Waals surface area contributed by atoms with Crippen molar-refractivity contribution >= 4 is 69.4 Å². The van der Waals surface area contributed by atoms with Crippen LogP contribution in [0, 0.1) is 0 Å². The number of carbonyl (C=O) groups excluding carboxylic acids is 2. The maximum atomic E-state index is 13.7. The Morgan fingerprint density at radius 2 is 1.46 bits per heavy atom. The monoisotopic (exact) mass is 521 g/mol.